The molecule has 5 nitrogen and oxygen atoms in total. The molecule has 1 N–H and O–H groups in total. The monoisotopic (exact) mass is 309 g/mol. The molecule has 1 aliphatic heterocycles. The second-order valence-electron chi connectivity index (χ2n) is 6.04. The summed E-state index contributed by atoms with van der Waals surface area (Å²) in [5.41, 5.74) is 0.153. The lowest BCUT2D eigenvalue weighted by atomic mass is 10.1. The minimum atomic E-state index is -0.686. The predicted octanol–water partition coefficient (Wildman–Crippen LogP) is 1.38. The van der Waals surface area contributed by atoms with E-state index in [2.05, 4.69) is 9.88 Å². The zero-order valence-electron chi connectivity index (χ0n) is 12.9. The van der Waals surface area contributed by atoms with Gasteiger partial charge in [0.15, 0.2) is 0 Å². The Kier molecular flexibility index (Phi) is 5.13. The number of hydrogen-bond acceptors (Lipinski definition) is 5. The maximum Gasteiger partial charge on any atom is 0.246 e. The van der Waals surface area contributed by atoms with Crippen LogP contribution >= 0.6 is 11.3 Å². The van der Waals surface area contributed by atoms with E-state index in [1.165, 1.54) is 0 Å². The Morgan fingerprint density at radius 3 is 2.62 bits per heavy atom. The SMILES string of the molecule is Cc1nc(C=CC(=O)N2CCN(CC(C)(C)O)CC2)cs1. The van der Waals surface area contributed by atoms with E-state index in [9.17, 15) is 9.90 Å². The topological polar surface area (TPSA) is 56.7 Å². The van der Waals surface area contributed by atoms with Gasteiger partial charge >= 0.3 is 0 Å². The molecular formula is C15H23N3O2S. The molecule has 116 valence electrons. The molecule has 1 amide bonds. The van der Waals surface area contributed by atoms with E-state index < -0.39 is 5.60 Å². The number of aryl methyl sites for hydroxylation is 1. The number of aromatic nitrogens is 1. The number of amides is 1. The Morgan fingerprint density at radius 2 is 2.10 bits per heavy atom. The summed E-state index contributed by atoms with van der Waals surface area (Å²) in [6.45, 7) is 9.23. The largest absolute Gasteiger partial charge is 0.389 e. The lowest BCUT2D eigenvalue weighted by molar-refractivity contribution is -0.128. The van der Waals surface area contributed by atoms with Crippen molar-refractivity contribution in [1.29, 1.82) is 0 Å². The molecule has 0 saturated carbocycles. The van der Waals surface area contributed by atoms with Gasteiger partial charge in [-0.1, -0.05) is 0 Å². The molecule has 0 aromatic carbocycles. The first-order chi connectivity index (χ1) is 9.83. The van der Waals surface area contributed by atoms with Gasteiger partial charge in [-0.25, -0.2) is 4.98 Å². The highest BCUT2D eigenvalue weighted by Crippen LogP contribution is 2.11. The minimum absolute atomic E-state index is 0.0311. The van der Waals surface area contributed by atoms with Gasteiger partial charge in [-0.3, -0.25) is 9.69 Å². The number of thiazole rings is 1. The number of rotatable bonds is 4. The molecule has 1 aromatic heterocycles. The summed E-state index contributed by atoms with van der Waals surface area (Å²) in [6.07, 6.45) is 3.37. The van der Waals surface area contributed by atoms with Crippen molar-refractivity contribution in [3.05, 3.63) is 22.2 Å². The normalized spacial score (nSPS) is 17.6. The highest BCUT2D eigenvalue weighted by atomic mass is 32.1. The molecule has 0 atom stereocenters. The van der Waals surface area contributed by atoms with Crippen molar-refractivity contribution < 1.29 is 9.90 Å². The van der Waals surface area contributed by atoms with Gasteiger partial charge in [0, 0.05) is 44.2 Å². The van der Waals surface area contributed by atoms with Crippen LogP contribution in [0.4, 0.5) is 0 Å². The van der Waals surface area contributed by atoms with Gasteiger partial charge in [-0.2, -0.15) is 0 Å². The number of aliphatic hydroxyl groups is 1. The van der Waals surface area contributed by atoms with Crippen LogP contribution < -0.4 is 0 Å². The smallest absolute Gasteiger partial charge is 0.246 e. The third-order valence-electron chi connectivity index (χ3n) is 3.33. The van der Waals surface area contributed by atoms with Gasteiger partial charge in [-0.15, -0.1) is 11.3 Å². The zero-order chi connectivity index (χ0) is 15.5. The van der Waals surface area contributed by atoms with Crippen molar-refractivity contribution in [3.63, 3.8) is 0 Å². The van der Waals surface area contributed by atoms with Crippen molar-refractivity contribution in [2.75, 3.05) is 32.7 Å². The van der Waals surface area contributed by atoms with Crippen LogP contribution in [0.15, 0.2) is 11.5 Å². The maximum atomic E-state index is 12.1. The average Bonchev–Trinajstić information content (AvgIpc) is 2.81. The van der Waals surface area contributed by atoms with E-state index in [1.54, 1.807) is 23.5 Å². The van der Waals surface area contributed by atoms with Crippen LogP contribution in [0.1, 0.15) is 24.5 Å². The second-order valence-corrected chi connectivity index (χ2v) is 7.10. The predicted molar refractivity (Wildman–Crippen MR) is 85.2 cm³/mol. The molecule has 0 radical (unpaired) electrons. The number of β-amino-alcohol motifs (C(OH)–C–C–N with tert-alkyl or cyclic N) is 1. The standard InChI is InChI=1S/C15H23N3O2S/c1-12-16-13(10-21-12)4-5-14(19)18-8-6-17(7-9-18)11-15(2,3)20/h4-5,10,20H,6-9,11H2,1-3H3. The Bertz CT molecular complexity index is 511. The first-order valence-corrected chi connectivity index (χ1v) is 8.05. The third kappa shape index (κ3) is 5.22. The first kappa shape index (κ1) is 16.1. The van der Waals surface area contributed by atoms with Gasteiger partial charge < -0.3 is 10.0 Å². The van der Waals surface area contributed by atoms with Gasteiger partial charge in [0.25, 0.3) is 0 Å². The summed E-state index contributed by atoms with van der Waals surface area (Å²) in [6, 6.07) is 0. The summed E-state index contributed by atoms with van der Waals surface area (Å²) in [4.78, 5) is 20.5. The van der Waals surface area contributed by atoms with Crippen LogP contribution in [0, 0.1) is 6.92 Å². The molecule has 0 spiro atoms. The van der Waals surface area contributed by atoms with Crippen molar-refractivity contribution in [2.45, 2.75) is 26.4 Å². The van der Waals surface area contributed by atoms with Crippen molar-refractivity contribution >= 4 is 23.3 Å². The molecule has 21 heavy (non-hydrogen) atoms. The molecule has 1 fully saturated rings. The van der Waals surface area contributed by atoms with Gasteiger partial charge in [0.1, 0.15) is 0 Å². The van der Waals surface area contributed by atoms with E-state index in [4.69, 9.17) is 0 Å². The lowest BCUT2D eigenvalue weighted by Crippen LogP contribution is -2.51. The highest BCUT2D eigenvalue weighted by Gasteiger charge is 2.24. The molecule has 0 unspecified atom stereocenters. The molecule has 6 heteroatoms. The van der Waals surface area contributed by atoms with Crippen LogP contribution in [0.2, 0.25) is 0 Å². The van der Waals surface area contributed by atoms with Gasteiger partial charge in [0.05, 0.1) is 16.3 Å². The highest BCUT2D eigenvalue weighted by molar-refractivity contribution is 7.09. The fourth-order valence-electron chi connectivity index (χ4n) is 2.39. The number of nitrogens with zero attached hydrogens (tertiary/aromatic N) is 3. The molecule has 1 saturated heterocycles. The van der Waals surface area contributed by atoms with E-state index >= 15 is 0 Å². The Hall–Kier alpha value is -1.24. The van der Waals surface area contributed by atoms with Crippen LogP contribution in [-0.4, -0.2) is 64.1 Å². The second kappa shape index (κ2) is 6.68. The molecular weight excluding hydrogens is 286 g/mol. The van der Waals surface area contributed by atoms with Crippen molar-refractivity contribution in [3.8, 4) is 0 Å². The number of hydrogen-bond donors (Lipinski definition) is 1. The first-order valence-electron chi connectivity index (χ1n) is 7.17. The number of piperazine rings is 1. The molecule has 1 aliphatic rings. The van der Waals surface area contributed by atoms with E-state index in [1.807, 2.05) is 31.1 Å². The molecule has 0 aliphatic carbocycles. The fourth-order valence-corrected chi connectivity index (χ4v) is 2.97. The Morgan fingerprint density at radius 1 is 1.43 bits per heavy atom. The third-order valence-corrected chi connectivity index (χ3v) is 4.12. The molecule has 2 rings (SSSR count). The summed E-state index contributed by atoms with van der Waals surface area (Å²) in [5, 5.41) is 12.8. The van der Waals surface area contributed by atoms with Crippen LogP contribution in [0.25, 0.3) is 6.08 Å². The van der Waals surface area contributed by atoms with Crippen LogP contribution in [0.5, 0.6) is 0 Å². The Labute approximate surface area is 129 Å². The van der Waals surface area contributed by atoms with Crippen molar-refractivity contribution in [2.24, 2.45) is 0 Å². The fraction of sp³-hybridized carbons (Fsp3) is 0.600. The van der Waals surface area contributed by atoms with Crippen LogP contribution in [0.3, 0.4) is 0 Å². The summed E-state index contributed by atoms with van der Waals surface area (Å²) in [7, 11) is 0. The van der Waals surface area contributed by atoms with Gasteiger partial charge in [-0.05, 0) is 26.8 Å². The minimum Gasteiger partial charge on any atom is -0.389 e. The summed E-state index contributed by atoms with van der Waals surface area (Å²) >= 11 is 1.58. The zero-order valence-corrected chi connectivity index (χ0v) is 13.7. The van der Waals surface area contributed by atoms with Crippen LogP contribution in [-0.2, 0) is 4.79 Å². The number of carbonyl (C=O) groups is 1. The van der Waals surface area contributed by atoms with E-state index in [-0.39, 0.29) is 5.91 Å². The Balaban J connectivity index is 1.82. The molecule has 1 aromatic rings. The summed E-state index contributed by atoms with van der Waals surface area (Å²) < 4.78 is 0. The molecule has 2 heterocycles. The van der Waals surface area contributed by atoms with Gasteiger partial charge in [0.2, 0.25) is 5.91 Å². The maximum absolute atomic E-state index is 12.1. The number of carbonyl (C=O) groups excluding carboxylic acids is 1. The van der Waals surface area contributed by atoms with E-state index in [0.717, 1.165) is 23.8 Å². The molecule has 0 bridgehead atoms. The summed E-state index contributed by atoms with van der Waals surface area (Å²) in [5.74, 6) is 0.0311. The van der Waals surface area contributed by atoms with E-state index in [0.29, 0.717) is 19.6 Å². The lowest BCUT2D eigenvalue weighted by Gasteiger charge is -2.36. The average molecular weight is 309 g/mol. The van der Waals surface area contributed by atoms with Crippen molar-refractivity contribution in [1.82, 2.24) is 14.8 Å². The quantitative estimate of drug-likeness (QED) is 0.854.